The fraction of sp³-hybridized carbons (Fsp3) is 0.391. The Balaban J connectivity index is 1.57. The molecule has 1 atom stereocenters. The zero-order valence-electron chi connectivity index (χ0n) is 18.2. The summed E-state index contributed by atoms with van der Waals surface area (Å²) >= 11 is 0. The van der Waals surface area contributed by atoms with Gasteiger partial charge >= 0.3 is 0 Å². The molecule has 0 radical (unpaired) electrons. The predicted octanol–water partition coefficient (Wildman–Crippen LogP) is 3.38. The van der Waals surface area contributed by atoms with Crippen molar-refractivity contribution in [2.75, 3.05) is 23.7 Å². The highest BCUT2D eigenvalue weighted by Crippen LogP contribution is 2.29. The average Bonchev–Trinajstić information content (AvgIpc) is 3.20. The highest BCUT2D eigenvalue weighted by atomic mass is 16.5. The highest BCUT2D eigenvalue weighted by molar-refractivity contribution is 6.14. The van der Waals surface area contributed by atoms with E-state index >= 15 is 0 Å². The fourth-order valence-corrected chi connectivity index (χ4v) is 4.06. The Morgan fingerprint density at radius 3 is 2.84 bits per heavy atom. The van der Waals surface area contributed by atoms with Gasteiger partial charge in [-0.15, -0.1) is 10.2 Å². The van der Waals surface area contributed by atoms with Crippen molar-refractivity contribution in [3.63, 3.8) is 0 Å². The maximum absolute atomic E-state index is 8.78. The molecule has 1 fully saturated rings. The summed E-state index contributed by atoms with van der Waals surface area (Å²) in [6.45, 7) is 5.71. The Morgan fingerprint density at radius 1 is 1.26 bits per heavy atom. The molecule has 1 unspecified atom stereocenters. The van der Waals surface area contributed by atoms with Crippen LogP contribution in [0.3, 0.4) is 0 Å². The van der Waals surface area contributed by atoms with Crippen LogP contribution in [-0.4, -0.2) is 44.7 Å². The number of rotatable bonds is 6. The van der Waals surface area contributed by atoms with E-state index in [1.54, 1.807) is 18.6 Å². The molecule has 4 rings (SSSR count). The van der Waals surface area contributed by atoms with Crippen LogP contribution in [-0.2, 0) is 7.05 Å². The van der Waals surface area contributed by atoms with E-state index in [1.807, 2.05) is 49.7 Å². The largest absolute Gasteiger partial charge is 0.491 e. The number of nitrogens with zero attached hydrogens (tertiary/aromatic N) is 5. The molecule has 1 aliphatic heterocycles. The van der Waals surface area contributed by atoms with E-state index in [4.69, 9.17) is 15.9 Å². The molecule has 2 aromatic heterocycles. The summed E-state index contributed by atoms with van der Waals surface area (Å²) in [7, 11) is 1.98. The van der Waals surface area contributed by atoms with Gasteiger partial charge in [0.25, 0.3) is 0 Å². The maximum Gasteiger partial charge on any atom is 0.137 e. The normalized spacial score (nSPS) is 16.5. The van der Waals surface area contributed by atoms with Gasteiger partial charge in [-0.2, -0.15) is 0 Å². The second-order valence-electron chi connectivity index (χ2n) is 8.28. The van der Waals surface area contributed by atoms with Crippen LogP contribution in [0.1, 0.15) is 49.6 Å². The molecule has 0 aliphatic carbocycles. The first-order chi connectivity index (χ1) is 14.9. The van der Waals surface area contributed by atoms with Gasteiger partial charge in [-0.25, -0.2) is 4.98 Å². The Kier molecular flexibility index (Phi) is 5.88. The van der Waals surface area contributed by atoms with Gasteiger partial charge in [0.05, 0.1) is 11.8 Å². The molecule has 0 spiro atoms. The van der Waals surface area contributed by atoms with Crippen molar-refractivity contribution in [3.05, 3.63) is 59.8 Å². The van der Waals surface area contributed by atoms with Crippen LogP contribution in [0, 0.1) is 5.41 Å². The number of nitrogen functional groups attached to an aromatic ring is 1. The minimum Gasteiger partial charge on any atom is -0.491 e. The van der Waals surface area contributed by atoms with Crippen molar-refractivity contribution in [2.45, 2.75) is 38.7 Å². The molecule has 1 aliphatic rings. The molecule has 8 heteroatoms. The van der Waals surface area contributed by atoms with Crippen LogP contribution >= 0.6 is 0 Å². The van der Waals surface area contributed by atoms with E-state index in [1.165, 1.54) is 0 Å². The zero-order chi connectivity index (χ0) is 22.0. The van der Waals surface area contributed by atoms with Crippen LogP contribution < -0.4 is 15.4 Å². The molecule has 3 aromatic rings. The van der Waals surface area contributed by atoms with Gasteiger partial charge in [0, 0.05) is 49.1 Å². The fourth-order valence-electron chi connectivity index (χ4n) is 4.06. The van der Waals surface area contributed by atoms with Gasteiger partial charge < -0.3 is 19.9 Å². The van der Waals surface area contributed by atoms with Gasteiger partial charge in [0.2, 0.25) is 0 Å². The standard InChI is InChI=1S/C23H29N7O/c1-15(2)31-18-6-7-20(24)19(12-18)22(25)16-8-9-26-21(11-16)30-10-4-5-17(13-30)23-28-27-14-29(23)3/h6-9,11-12,14-15,17,25H,4-5,10,13,24H2,1-3H3. The molecule has 1 saturated heterocycles. The number of aromatic nitrogens is 4. The summed E-state index contributed by atoms with van der Waals surface area (Å²) in [6.07, 6.45) is 5.70. The van der Waals surface area contributed by atoms with E-state index < -0.39 is 0 Å². The van der Waals surface area contributed by atoms with E-state index in [0.717, 1.165) is 43.1 Å². The highest BCUT2D eigenvalue weighted by Gasteiger charge is 2.26. The van der Waals surface area contributed by atoms with Crippen molar-refractivity contribution in [1.29, 1.82) is 5.41 Å². The molecule has 162 valence electrons. The lowest BCUT2D eigenvalue weighted by Crippen LogP contribution is -2.35. The second-order valence-corrected chi connectivity index (χ2v) is 8.28. The summed E-state index contributed by atoms with van der Waals surface area (Å²) in [5, 5.41) is 17.1. The predicted molar refractivity (Wildman–Crippen MR) is 122 cm³/mol. The van der Waals surface area contributed by atoms with Gasteiger partial charge in [-0.05, 0) is 57.0 Å². The van der Waals surface area contributed by atoms with E-state index in [-0.39, 0.29) is 6.10 Å². The molecular weight excluding hydrogens is 390 g/mol. The Hall–Kier alpha value is -3.42. The lowest BCUT2D eigenvalue weighted by atomic mass is 9.96. The minimum absolute atomic E-state index is 0.0548. The lowest BCUT2D eigenvalue weighted by molar-refractivity contribution is 0.242. The molecular formula is C23H29N7O. The van der Waals surface area contributed by atoms with Gasteiger partial charge in [0.1, 0.15) is 23.7 Å². The molecule has 8 nitrogen and oxygen atoms in total. The third-order valence-electron chi connectivity index (χ3n) is 5.56. The Morgan fingerprint density at radius 2 is 2.10 bits per heavy atom. The first-order valence-corrected chi connectivity index (χ1v) is 10.6. The van der Waals surface area contributed by atoms with E-state index in [2.05, 4.69) is 20.1 Å². The number of nitrogens with one attached hydrogen (secondary N) is 1. The van der Waals surface area contributed by atoms with Gasteiger partial charge in [-0.1, -0.05) is 0 Å². The van der Waals surface area contributed by atoms with Crippen molar-refractivity contribution >= 4 is 17.2 Å². The van der Waals surface area contributed by atoms with Crippen molar-refractivity contribution in [1.82, 2.24) is 19.7 Å². The average molecular weight is 420 g/mol. The number of pyridine rings is 1. The molecule has 3 heterocycles. The first-order valence-electron chi connectivity index (χ1n) is 10.6. The van der Waals surface area contributed by atoms with Crippen molar-refractivity contribution in [2.24, 2.45) is 7.05 Å². The van der Waals surface area contributed by atoms with Crippen LogP contribution in [0.15, 0.2) is 42.9 Å². The van der Waals surface area contributed by atoms with Gasteiger partial charge in [-0.3, -0.25) is 5.41 Å². The molecule has 31 heavy (non-hydrogen) atoms. The molecule has 0 saturated carbocycles. The van der Waals surface area contributed by atoms with Crippen molar-refractivity contribution < 1.29 is 4.74 Å². The quantitative estimate of drug-likeness (QED) is 0.469. The van der Waals surface area contributed by atoms with E-state index in [9.17, 15) is 0 Å². The van der Waals surface area contributed by atoms with Gasteiger partial charge in [0.15, 0.2) is 0 Å². The topological polar surface area (TPSA) is 106 Å². The van der Waals surface area contributed by atoms with Crippen LogP contribution in [0.25, 0.3) is 0 Å². The third kappa shape index (κ3) is 4.52. The van der Waals surface area contributed by atoms with Crippen LogP contribution in [0.5, 0.6) is 5.75 Å². The first kappa shape index (κ1) is 20.8. The Labute approximate surface area is 182 Å². The Bertz CT molecular complexity index is 1080. The van der Waals surface area contributed by atoms with E-state index in [0.29, 0.717) is 28.6 Å². The number of hydrogen-bond donors (Lipinski definition) is 2. The number of hydrogen-bond acceptors (Lipinski definition) is 7. The lowest BCUT2D eigenvalue weighted by Gasteiger charge is -2.33. The van der Waals surface area contributed by atoms with Crippen LogP contribution in [0.4, 0.5) is 11.5 Å². The summed E-state index contributed by atoms with van der Waals surface area (Å²) in [6, 6.07) is 9.29. The minimum atomic E-state index is 0.0548. The molecule has 0 amide bonds. The number of anilines is 2. The molecule has 3 N–H and O–H groups in total. The number of piperidine rings is 1. The number of benzene rings is 1. The maximum atomic E-state index is 8.78. The van der Waals surface area contributed by atoms with Crippen LogP contribution in [0.2, 0.25) is 0 Å². The summed E-state index contributed by atoms with van der Waals surface area (Å²) < 4.78 is 7.77. The smallest absolute Gasteiger partial charge is 0.137 e. The summed E-state index contributed by atoms with van der Waals surface area (Å²) in [4.78, 5) is 6.85. The number of nitrogens with two attached hydrogens (primary N) is 1. The SMILES string of the molecule is CC(C)Oc1ccc(N)c(C(=N)c2ccnc(N3CCCC(c4nncn4C)C3)c2)c1. The zero-order valence-corrected chi connectivity index (χ0v) is 18.2. The van der Waals surface area contributed by atoms with Crippen molar-refractivity contribution in [3.8, 4) is 5.75 Å². The monoisotopic (exact) mass is 419 g/mol. The number of ether oxygens (including phenoxy) is 1. The third-order valence-corrected chi connectivity index (χ3v) is 5.56. The summed E-state index contributed by atoms with van der Waals surface area (Å²) in [5.74, 6) is 2.89. The summed E-state index contributed by atoms with van der Waals surface area (Å²) in [5.41, 5.74) is 8.54. The second kappa shape index (κ2) is 8.75. The number of aryl methyl sites for hydroxylation is 1. The molecule has 0 bridgehead atoms. The molecule has 1 aromatic carbocycles.